The van der Waals surface area contributed by atoms with E-state index in [0.717, 1.165) is 17.5 Å². The summed E-state index contributed by atoms with van der Waals surface area (Å²) in [4.78, 5) is 17.1. The molecule has 1 aromatic heterocycles. The van der Waals surface area contributed by atoms with Gasteiger partial charge < -0.3 is 14.3 Å². The molecule has 0 fully saturated rings. The highest BCUT2D eigenvalue weighted by Gasteiger charge is 2.23. The number of nitrogens with zero attached hydrogens (tertiary/aromatic N) is 3. The van der Waals surface area contributed by atoms with Crippen LogP contribution in [0.15, 0.2) is 22.3 Å². The standard InChI is InChI=1S/C20H19Cl4F2N3O4/c1-3-4-6-32-27-5-7-31-19(30)15(23)9-11-8-12(14(22)10-13(11)21)17-16(24)18(29(2)28-17)33-20(25)26/h5,8-10,20H,3-4,6-7H2,1-2H3. The Morgan fingerprint density at radius 2 is 2.00 bits per heavy atom. The predicted molar refractivity (Wildman–Crippen MR) is 124 cm³/mol. The van der Waals surface area contributed by atoms with Crippen molar-refractivity contribution in [2.75, 3.05) is 13.2 Å². The fourth-order valence-electron chi connectivity index (χ4n) is 2.45. The number of oxime groups is 1. The van der Waals surface area contributed by atoms with Gasteiger partial charge in [-0.3, -0.25) is 0 Å². The molecule has 180 valence electrons. The molecule has 7 nitrogen and oxygen atoms in total. The predicted octanol–water partition coefficient (Wildman–Crippen LogP) is 6.57. The van der Waals surface area contributed by atoms with Crippen LogP contribution in [-0.4, -0.2) is 41.8 Å². The van der Waals surface area contributed by atoms with E-state index < -0.39 is 12.6 Å². The van der Waals surface area contributed by atoms with E-state index in [1.165, 1.54) is 31.5 Å². The molecule has 0 saturated heterocycles. The van der Waals surface area contributed by atoms with Crippen molar-refractivity contribution in [3.05, 3.63) is 37.8 Å². The van der Waals surface area contributed by atoms with Gasteiger partial charge in [0.1, 0.15) is 29.0 Å². The molecule has 0 amide bonds. The van der Waals surface area contributed by atoms with Crippen LogP contribution in [0.2, 0.25) is 15.1 Å². The van der Waals surface area contributed by atoms with Crippen LogP contribution in [0.3, 0.4) is 0 Å². The van der Waals surface area contributed by atoms with Crippen molar-refractivity contribution in [3.8, 4) is 17.1 Å². The van der Waals surface area contributed by atoms with E-state index in [-0.39, 0.29) is 49.4 Å². The fraction of sp³-hybridized carbons (Fsp3) is 0.350. The van der Waals surface area contributed by atoms with Gasteiger partial charge in [0.15, 0.2) is 0 Å². The number of rotatable bonds is 11. The van der Waals surface area contributed by atoms with Crippen LogP contribution >= 0.6 is 46.4 Å². The Balaban J connectivity index is 2.21. The molecule has 0 radical (unpaired) electrons. The molecular formula is C20H19Cl4F2N3O4. The van der Waals surface area contributed by atoms with Crippen LogP contribution in [0.1, 0.15) is 25.3 Å². The molecule has 13 heteroatoms. The van der Waals surface area contributed by atoms with E-state index in [1.54, 1.807) is 0 Å². The van der Waals surface area contributed by atoms with Crippen LogP contribution < -0.4 is 4.74 Å². The minimum absolute atomic E-state index is 0.0733. The number of ether oxygens (including phenoxy) is 2. The number of unbranched alkanes of at least 4 members (excludes halogenated alkanes) is 1. The van der Waals surface area contributed by atoms with Gasteiger partial charge in [-0.25, -0.2) is 9.48 Å². The van der Waals surface area contributed by atoms with E-state index in [9.17, 15) is 13.6 Å². The molecule has 0 unspecified atom stereocenters. The second-order valence-corrected chi connectivity index (χ2v) is 7.99. The fourth-order valence-corrected chi connectivity index (χ4v) is 3.45. The van der Waals surface area contributed by atoms with Gasteiger partial charge in [-0.15, -0.1) is 0 Å². The van der Waals surface area contributed by atoms with Gasteiger partial charge in [0.05, 0.1) is 11.2 Å². The summed E-state index contributed by atoms with van der Waals surface area (Å²) < 4.78 is 35.7. The maximum Gasteiger partial charge on any atom is 0.388 e. The van der Waals surface area contributed by atoms with E-state index in [2.05, 4.69) is 15.0 Å². The molecule has 1 heterocycles. The van der Waals surface area contributed by atoms with Gasteiger partial charge >= 0.3 is 12.6 Å². The molecule has 0 bridgehead atoms. The Morgan fingerprint density at radius 3 is 2.67 bits per heavy atom. The van der Waals surface area contributed by atoms with Crippen molar-refractivity contribution in [1.82, 2.24) is 9.78 Å². The van der Waals surface area contributed by atoms with Crippen molar-refractivity contribution in [2.45, 2.75) is 26.4 Å². The average molecular weight is 545 g/mol. The van der Waals surface area contributed by atoms with Crippen LogP contribution in [0.5, 0.6) is 5.88 Å². The number of esters is 1. The lowest BCUT2D eigenvalue weighted by atomic mass is 10.1. The number of aromatic nitrogens is 2. The topological polar surface area (TPSA) is 74.9 Å². The van der Waals surface area contributed by atoms with Crippen molar-refractivity contribution in [3.63, 3.8) is 0 Å². The van der Waals surface area contributed by atoms with E-state index in [4.69, 9.17) is 56.0 Å². The van der Waals surface area contributed by atoms with E-state index in [1.807, 2.05) is 6.92 Å². The maximum absolute atomic E-state index is 12.6. The summed E-state index contributed by atoms with van der Waals surface area (Å²) in [5.41, 5.74) is 0.614. The number of aryl methyl sites for hydroxylation is 1. The molecular weight excluding hydrogens is 526 g/mol. The van der Waals surface area contributed by atoms with Crippen molar-refractivity contribution in [2.24, 2.45) is 12.2 Å². The Hall–Kier alpha value is -2.07. The Bertz CT molecular complexity index is 1040. The maximum atomic E-state index is 12.6. The van der Waals surface area contributed by atoms with Crippen LogP contribution in [0.25, 0.3) is 17.3 Å². The molecule has 0 aliphatic rings. The lowest BCUT2D eigenvalue weighted by molar-refractivity contribution is -0.136. The minimum atomic E-state index is -3.09. The summed E-state index contributed by atoms with van der Waals surface area (Å²) in [6.45, 7) is -0.758. The first-order chi connectivity index (χ1) is 15.6. The third kappa shape index (κ3) is 7.74. The molecule has 0 spiro atoms. The van der Waals surface area contributed by atoms with Crippen molar-refractivity contribution >= 4 is 64.7 Å². The zero-order valence-corrected chi connectivity index (χ0v) is 20.5. The minimum Gasteiger partial charge on any atom is -0.455 e. The van der Waals surface area contributed by atoms with Crippen molar-refractivity contribution in [1.29, 1.82) is 0 Å². The van der Waals surface area contributed by atoms with Gasteiger partial charge in [0, 0.05) is 17.6 Å². The van der Waals surface area contributed by atoms with Gasteiger partial charge in [-0.05, 0) is 30.2 Å². The zero-order valence-electron chi connectivity index (χ0n) is 17.5. The summed E-state index contributed by atoms with van der Waals surface area (Å²) in [7, 11) is 1.38. The third-order valence-electron chi connectivity index (χ3n) is 3.99. The second-order valence-electron chi connectivity index (χ2n) is 6.39. The number of carbonyl (C=O) groups is 1. The first-order valence-corrected chi connectivity index (χ1v) is 11.0. The number of benzene rings is 1. The molecule has 33 heavy (non-hydrogen) atoms. The molecule has 2 rings (SSSR count). The first kappa shape index (κ1) is 27.2. The number of hydrogen-bond donors (Lipinski definition) is 0. The molecule has 0 saturated carbocycles. The molecule has 1 aromatic carbocycles. The second kappa shape index (κ2) is 13.0. The quantitative estimate of drug-likeness (QED) is 0.105. The highest BCUT2D eigenvalue weighted by Crippen LogP contribution is 2.40. The summed E-state index contributed by atoms with van der Waals surface area (Å²) in [6.07, 6.45) is 4.37. The smallest absolute Gasteiger partial charge is 0.388 e. The highest BCUT2D eigenvalue weighted by molar-refractivity contribution is 6.44. The van der Waals surface area contributed by atoms with Crippen LogP contribution in [0, 0.1) is 0 Å². The number of alkyl halides is 2. The number of hydrogen-bond acceptors (Lipinski definition) is 6. The van der Waals surface area contributed by atoms with Crippen molar-refractivity contribution < 1.29 is 27.9 Å². The van der Waals surface area contributed by atoms with E-state index in [0.29, 0.717) is 6.61 Å². The molecule has 2 aromatic rings. The average Bonchev–Trinajstić information content (AvgIpc) is 3.02. The van der Waals surface area contributed by atoms with Gasteiger partial charge in [0.2, 0.25) is 5.88 Å². The van der Waals surface area contributed by atoms with Gasteiger partial charge in [0.25, 0.3) is 0 Å². The van der Waals surface area contributed by atoms with Gasteiger partial charge in [-0.2, -0.15) is 13.9 Å². The number of carbonyl (C=O) groups excluding carboxylic acids is 1. The molecule has 0 atom stereocenters. The Kier molecular flexibility index (Phi) is 10.7. The SMILES string of the molecule is CCCCON=CCOC(=O)C(Cl)=Cc1cc(-c2nn(C)c(OC(F)F)c2Cl)c(Cl)cc1Cl. The monoisotopic (exact) mass is 543 g/mol. The molecule has 0 N–H and O–H groups in total. The largest absolute Gasteiger partial charge is 0.455 e. The van der Waals surface area contributed by atoms with E-state index >= 15 is 0 Å². The van der Waals surface area contributed by atoms with Gasteiger partial charge in [-0.1, -0.05) is 64.9 Å². The molecule has 0 aliphatic heterocycles. The highest BCUT2D eigenvalue weighted by atomic mass is 35.5. The third-order valence-corrected chi connectivity index (χ3v) is 5.23. The normalized spacial score (nSPS) is 12.0. The zero-order chi connectivity index (χ0) is 24.5. The molecule has 0 aliphatic carbocycles. The summed E-state index contributed by atoms with van der Waals surface area (Å²) in [6, 6.07) is 2.82. The lowest BCUT2D eigenvalue weighted by Crippen LogP contribution is -2.06. The summed E-state index contributed by atoms with van der Waals surface area (Å²) in [5, 5.41) is 7.58. The summed E-state index contributed by atoms with van der Waals surface area (Å²) >= 11 is 24.7. The van der Waals surface area contributed by atoms with Crippen LogP contribution in [-0.2, 0) is 21.4 Å². The Morgan fingerprint density at radius 1 is 1.27 bits per heavy atom. The lowest BCUT2D eigenvalue weighted by Gasteiger charge is -2.07. The number of halogens is 6. The Labute approximate surface area is 208 Å². The summed E-state index contributed by atoms with van der Waals surface area (Å²) in [5.74, 6) is -1.17. The first-order valence-electron chi connectivity index (χ1n) is 9.50. The van der Waals surface area contributed by atoms with Crippen LogP contribution in [0.4, 0.5) is 8.78 Å².